The molecule has 4 N–H and O–H groups in total. The van der Waals surface area contributed by atoms with E-state index in [1.807, 2.05) is 43.3 Å². The minimum atomic E-state index is -0.0768. The van der Waals surface area contributed by atoms with Crippen molar-refractivity contribution in [1.29, 1.82) is 0 Å². The standard InChI is InChI=1S/C22H22N2O3/c1-15-7-9-18(23)21(13-15)27-12-11-26-20-10-8-17(14-19(20)24)22(25)16-5-3-2-4-6-16/h2-10,13-14H,11-12,23-24H2,1H3. The van der Waals surface area contributed by atoms with Gasteiger partial charge in [-0.1, -0.05) is 36.4 Å². The molecule has 5 nitrogen and oxygen atoms in total. The highest BCUT2D eigenvalue weighted by molar-refractivity contribution is 6.09. The number of ketones is 1. The summed E-state index contributed by atoms with van der Waals surface area (Å²) in [5, 5.41) is 0. The Labute approximate surface area is 158 Å². The van der Waals surface area contributed by atoms with Gasteiger partial charge in [0.05, 0.1) is 11.4 Å². The molecule has 0 fully saturated rings. The first kappa shape index (κ1) is 18.3. The Bertz CT molecular complexity index is 940. The van der Waals surface area contributed by atoms with Crippen LogP contribution in [-0.2, 0) is 0 Å². The van der Waals surface area contributed by atoms with Crippen LogP contribution in [-0.4, -0.2) is 19.0 Å². The van der Waals surface area contributed by atoms with E-state index in [0.717, 1.165) is 5.56 Å². The molecule has 0 heterocycles. The number of hydrogen-bond donors (Lipinski definition) is 2. The lowest BCUT2D eigenvalue weighted by atomic mass is 10.0. The molecule has 3 aromatic carbocycles. The fourth-order valence-corrected chi connectivity index (χ4v) is 2.65. The summed E-state index contributed by atoms with van der Waals surface area (Å²) in [4.78, 5) is 12.5. The average molecular weight is 362 g/mol. The zero-order valence-electron chi connectivity index (χ0n) is 15.1. The molecule has 0 radical (unpaired) electrons. The SMILES string of the molecule is Cc1ccc(N)c(OCCOc2ccc(C(=O)c3ccccc3)cc2N)c1. The van der Waals surface area contributed by atoms with E-state index in [2.05, 4.69) is 0 Å². The lowest BCUT2D eigenvalue weighted by Gasteiger charge is -2.12. The van der Waals surface area contributed by atoms with Crippen LogP contribution in [0.25, 0.3) is 0 Å². The smallest absolute Gasteiger partial charge is 0.193 e. The van der Waals surface area contributed by atoms with Crippen LogP contribution >= 0.6 is 0 Å². The van der Waals surface area contributed by atoms with E-state index in [-0.39, 0.29) is 5.78 Å². The molecule has 138 valence electrons. The van der Waals surface area contributed by atoms with Crippen LogP contribution in [0.1, 0.15) is 21.5 Å². The summed E-state index contributed by atoms with van der Waals surface area (Å²) in [7, 11) is 0. The van der Waals surface area contributed by atoms with Crippen molar-refractivity contribution in [1.82, 2.24) is 0 Å². The van der Waals surface area contributed by atoms with Gasteiger partial charge in [-0.3, -0.25) is 4.79 Å². The van der Waals surface area contributed by atoms with Crippen LogP contribution in [0.15, 0.2) is 66.7 Å². The number of nitrogens with two attached hydrogens (primary N) is 2. The molecule has 0 unspecified atom stereocenters. The first-order valence-electron chi connectivity index (χ1n) is 8.65. The van der Waals surface area contributed by atoms with Crippen molar-refractivity contribution in [3.8, 4) is 11.5 Å². The van der Waals surface area contributed by atoms with Crippen LogP contribution in [0.5, 0.6) is 11.5 Å². The molecule has 5 heteroatoms. The summed E-state index contributed by atoms with van der Waals surface area (Å²) in [5.41, 5.74) is 15.1. The fraction of sp³-hybridized carbons (Fsp3) is 0.136. The number of anilines is 2. The number of carbonyl (C=O) groups is 1. The highest BCUT2D eigenvalue weighted by Gasteiger charge is 2.11. The first-order valence-corrected chi connectivity index (χ1v) is 8.65. The molecule has 0 aliphatic heterocycles. The molecule has 3 rings (SSSR count). The summed E-state index contributed by atoms with van der Waals surface area (Å²) < 4.78 is 11.3. The van der Waals surface area contributed by atoms with Gasteiger partial charge in [0, 0.05) is 11.1 Å². The topological polar surface area (TPSA) is 87.6 Å². The van der Waals surface area contributed by atoms with Gasteiger partial charge in [0.25, 0.3) is 0 Å². The molecule has 0 saturated heterocycles. The first-order chi connectivity index (χ1) is 13.0. The summed E-state index contributed by atoms with van der Waals surface area (Å²) in [6.45, 7) is 2.61. The molecule has 27 heavy (non-hydrogen) atoms. The lowest BCUT2D eigenvalue weighted by molar-refractivity contribution is 0.103. The number of carbonyl (C=O) groups excluding carboxylic acids is 1. The normalized spacial score (nSPS) is 10.4. The zero-order chi connectivity index (χ0) is 19.2. The van der Waals surface area contributed by atoms with E-state index < -0.39 is 0 Å². The van der Waals surface area contributed by atoms with Gasteiger partial charge < -0.3 is 20.9 Å². The van der Waals surface area contributed by atoms with E-state index >= 15 is 0 Å². The molecule has 0 atom stereocenters. The van der Waals surface area contributed by atoms with E-state index in [1.54, 1.807) is 30.3 Å². The molecular weight excluding hydrogens is 340 g/mol. The van der Waals surface area contributed by atoms with Gasteiger partial charge in [0.2, 0.25) is 0 Å². The molecule has 3 aromatic rings. The monoisotopic (exact) mass is 362 g/mol. The van der Waals surface area contributed by atoms with E-state index in [9.17, 15) is 4.79 Å². The largest absolute Gasteiger partial charge is 0.488 e. The Balaban J connectivity index is 1.58. The molecular formula is C22H22N2O3. The van der Waals surface area contributed by atoms with Gasteiger partial charge in [-0.25, -0.2) is 0 Å². The molecule has 0 aliphatic rings. The predicted molar refractivity (Wildman–Crippen MR) is 107 cm³/mol. The Hall–Kier alpha value is -3.47. The third-order valence-corrected chi connectivity index (χ3v) is 4.08. The average Bonchev–Trinajstić information content (AvgIpc) is 2.68. The highest BCUT2D eigenvalue weighted by Crippen LogP contribution is 2.25. The number of ether oxygens (including phenoxy) is 2. The van der Waals surface area contributed by atoms with Crippen molar-refractivity contribution in [2.45, 2.75) is 6.92 Å². The van der Waals surface area contributed by atoms with Gasteiger partial charge in [-0.05, 0) is 42.8 Å². The van der Waals surface area contributed by atoms with Crippen LogP contribution in [0.2, 0.25) is 0 Å². The van der Waals surface area contributed by atoms with Gasteiger partial charge in [0.1, 0.15) is 24.7 Å². The zero-order valence-corrected chi connectivity index (χ0v) is 15.1. The Morgan fingerprint density at radius 2 is 1.48 bits per heavy atom. The molecule has 0 aliphatic carbocycles. The Kier molecular flexibility index (Phi) is 5.61. The minimum absolute atomic E-state index is 0.0768. The fourth-order valence-electron chi connectivity index (χ4n) is 2.65. The van der Waals surface area contributed by atoms with Gasteiger partial charge in [0.15, 0.2) is 5.78 Å². The number of hydrogen-bond acceptors (Lipinski definition) is 5. The maximum Gasteiger partial charge on any atom is 0.193 e. The van der Waals surface area contributed by atoms with E-state index in [4.69, 9.17) is 20.9 Å². The summed E-state index contributed by atoms with van der Waals surface area (Å²) >= 11 is 0. The number of benzene rings is 3. The Morgan fingerprint density at radius 3 is 2.19 bits per heavy atom. The van der Waals surface area contributed by atoms with Crippen molar-refractivity contribution in [2.75, 3.05) is 24.7 Å². The van der Waals surface area contributed by atoms with Gasteiger partial charge in [-0.15, -0.1) is 0 Å². The lowest BCUT2D eigenvalue weighted by Crippen LogP contribution is -2.11. The van der Waals surface area contributed by atoms with E-state index in [0.29, 0.717) is 47.2 Å². The summed E-state index contributed by atoms with van der Waals surface area (Å²) in [5.74, 6) is 1.07. The van der Waals surface area contributed by atoms with Crippen molar-refractivity contribution in [2.24, 2.45) is 0 Å². The number of aryl methyl sites for hydroxylation is 1. The van der Waals surface area contributed by atoms with E-state index in [1.165, 1.54) is 0 Å². The summed E-state index contributed by atoms with van der Waals surface area (Å²) in [6.07, 6.45) is 0. The van der Waals surface area contributed by atoms with Crippen LogP contribution < -0.4 is 20.9 Å². The highest BCUT2D eigenvalue weighted by atomic mass is 16.5. The number of rotatable bonds is 7. The van der Waals surface area contributed by atoms with Crippen LogP contribution in [0.4, 0.5) is 11.4 Å². The van der Waals surface area contributed by atoms with Crippen LogP contribution in [0, 0.1) is 6.92 Å². The second-order valence-electron chi connectivity index (χ2n) is 6.19. The minimum Gasteiger partial charge on any atom is -0.488 e. The predicted octanol–water partition coefficient (Wildman–Crippen LogP) is 3.85. The van der Waals surface area contributed by atoms with Gasteiger partial charge in [-0.2, -0.15) is 0 Å². The molecule has 0 bridgehead atoms. The second kappa shape index (κ2) is 8.27. The third-order valence-electron chi connectivity index (χ3n) is 4.08. The number of nitrogen functional groups attached to an aromatic ring is 2. The molecule has 0 aromatic heterocycles. The van der Waals surface area contributed by atoms with Crippen molar-refractivity contribution in [3.63, 3.8) is 0 Å². The van der Waals surface area contributed by atoms with Gasteiger partial charge >= 0.3 is 0 Å². The van der Waals surface area contributed by atoms with Crippen molar-refractivity contribution >= 4 is 17.2 Å². The van der Waals surface area contributed by atoms with Crippen molar-refractivity contribution < 1.29 is 14.3 Å². The van der Waals surface area contributed by atoms with Crippen LogP contribution in [0.3, 0.4) is 0 Å². The third kappa shape index (κ3) is 4.58. The molecule has 0 amide bonds. The maximum atomic E-state index is 12.5. The van der Waals surface area contributed by atoms with Crippen molar-refractivity contribution in [3.05, 3.63) is 83.4 Å². The molecule has 0 saturated carbocycles. The maximum absolute atomic E-state index is 12.5. The quantitative estimate of drug-likeness (QED) is 0.379. The Morgan fingerprint density at radius 1 is 0.778 bits per heavy atom. The molecule has 0 spiro atoms. The second-order valence-corrected chi connectivity index (χ2v) is 6.19. The summed E-state index contributed by atoms with van der Waals surface area (Å²) in [6, 6.07) is 19.7.